The highest BCUT2D eigenvalue weighted by Crippen LogP contribution is 2.44. The maximum absolute atomic E-state index is 12.5. The van der Waals surface area contributed by atoms with E-state index in [0.717, 1.165) is 32.1 Å². The van der Waals surface area contributed by atoms with Crippen LogP contribution in [-0.4, -0.2) is 36.2 Å². The number of ether oxygens (including phenoxy) is 1. The normalized spacial score (nSPS) is 27.9. The summed E-state index contributed by atoms with van der Waals surface area (Å²) in [6.07, 6.45) is 5.77. The van der Waals surface area contributed by atoms with Crippen LogP contribution in [0.15, 0.2) is 0 Å². The third-order valence-corrected chi connectivity index (χ3v) is 4.84. The van der Waals surface area contributed by atoms with Gasteiger partial charge in [-0.1, -0.05) is 6.42 Å². The first-order chi connectivity index (χ1) is 9.57. The van der Waals surface area contributed by atoms with Crippen molar-refractivity contribution < 1.29 is 19.4 Å². The average Bonchev–Trinajstić information content (AvgIpc) is 2.81. The SMILES string of the molecule is CCOCCC1(C(=O)N[C@H]2CC[C@@H](C(=O)O)C2)CCC1. The number of hydrogen-bond acceptors (Lipinski definition) is 3. The molecule has 2 aliphatic rings. The van der Waals surface area contributed by atoms with E-state index in [1.165, 1.54) is 0 Å². The number of carboxylic acid groups (broad SMARTS) is 1. The second kappa shape index (κ2) is 6.57. The molecule has 2 saturated carbocycles. The topological polar surface area (TPSA) is 75.6 Å². The van der Waals surface area contributed by atoms with E-state index in [0.29, 0.717) is 26.1 Å². The van der Waals surface area contributed by atoms with Crippen molar-refractivity contribution in [3.8, 4) is 0 Å². The monoisotopic (exact) mass is 283 g/mol. The average molecular weight is 283 g/mol. The van der Waals surface area contributed by atoms with Gasteiger partial charge in [0.05, 0.1) is 11.3 Å². The number of nitrogens with one attached hydrogen (secondary N) is 1. The molecule has 20 heavy (non-hydrogen) atoms. The Bertz CT molecular complexity index is 365. The maximum atomic E-state index is 12.5. The fourth-order valence-corrected chi connectivity index (χ4v) is 3.28. The van der Waals surface area contributed by atoms with Crippen LogP contribution < -0.4 is 5.32 Å². The molecule has 2 N–H and O–H groups in total. The summed E-state index contributed by atoms with van der Waals surface area (Å²) in [5, 5.41) is 12.1. The van der Waals surface area contributed by atoms with E-state index < -0.39 is 5.97 Å². The Kier molecular flexibility index (Phi) is 5.02. The highest BCUT2D eigenvalue weighted by molar-refractivity contribution is 5.84. The fourth-order valence-electron chi connectivity index (χ4n) is 3.28. The van der Waals surface area contributed by atoms with Gasteiger partial charge in [0, 0.05) is 19.3 Å². The van der Waals surface area contributed by atoms with E-state index in [1.807, 2.05) is 6.92 Å². The molecule has 2 aliphatic carbocycles. The van der Waals surface area contributed by atoms with Crippen molar-refractivity contribution in [1.82, 2.24) is 5.32 Å². The van der Waals surface area contributed by atoms with Crippen molar-refractivity contribution in [2.45, 2.75) is 57.9 Å². The highest BCUT2D eigenvalue weighted by atomic mass is 16.5. The molecule has 0 spiro atoms. The Morgan fingerprint density at radius 2 is 2.10 bits per heavy atom. The molecule has 114 valence electrons. The summed E-state index contributed by atoms with van der Waals surface area (Å²) in [6, 6.07) is 0.0353. The number of carbonyl (C=O) groups is 2. The minimum absolute atomic E-state index is 0.0353. The molecule has 5 heteroatoms. The molecule has 0 radical (unpaired) electrons. The van der Waals surface area contributed by atoms with E-state index in [2.05, 4.69) is 5.32 Å². The van der Waals surface area contributed by atoms with Gasteiger partial charge in [0.15, 0.2) is 0 Å². The van der Waals surface area contributed by atoms with Gasteiger partial charge in [-0.2, -0.15) is 0 Å². The first kappa shape index (κ1) is 15.3. The molecule has 0 saturated heterocycles. The van der Waals surface area contributed by atoms with Crippen LogP contribution in [0, 0.1) is 11.3 Å². The summed E-state index contributed by atoms with van der Waals surface area (Å²) >= 11 is 0. The van der Waals surface area contributed by atoms with Gasteiger partial charge in [-0.25, -0.2) is 0 Å². The summed E-state index contributed by atoms with van der Waals surface area (Å²) in [5.74, 6) is -0.919. The summed E-state index contributed by atoms with van der Waals surface area (Å²) in [7, 11) is 0. The molecular formula is C15H25NO4. The van der Waals surface area contributed by atoms with E-state index in [1.54, 1.807) is 0 Å². The summed E-state index contributed by atoms with van der Waals surface area (Å²) in [5.41, 5.74) is -0.253. The molecule has 2 rings (SSSR count). The summed E-state index contributed by atoms with van der Waals surface area (Å²) in [4.78, 5) is 23.4. The molecule has 0 heterocycles. The first-order valence-electron chi connectivity index (χ1n) is 7.69. The van der Waals surface area contributed by atoms with Gasteiger partial charge in [-0.3, -0.25) is 9.59 Å². The zero-order chi connectivity index (χ0) is 14.6. The smallest absolute Gasteiger partial charge is 0.306 e. The van der Waals surface area contributed by atoms with Crippen molar-refractivity contribution in [2.75, 3.05) is 13.2 Å². The zero-order valence-corrected chi connectivity index (χ0v) is 12.2. The quantitative estimate of drug-likeness (QED) is 0.700. The largest absolute Gasteiger partial charge is 0.481 e. The predicted octanol–water partition coefficient (Wildman–Crippen LogP) is 1.95. The second-order valence-electron chi connectivity index (χ2n) is 6.10. The lowest BCUT2D eigenvalue weighted by Gasteiger charge is -2.41. The number of aliphatic carboxylic acids is 1. The molecular weight excluding hydrogens is 258 g/mol. The van der Waals surface area contributed by atoms with Gasteiger partial charge >= 0.3 is 5.97 Å². The van der Waals surface area contributed by atoms with E-state index >= 15 is 0 Å². The van der Waals surface area contributed by atoms with Crippen LogP contribution in [-0.2, 0) is 14.3 Å². The highest BCUT2D eigenvalue weighted by Gasteiger charge is 2.44. The minimum atomic E-state index is -0.739. The second-order valence-corrected chi connectivity index (χ2v) is 6.10. The predicted molar refractivity (Wildman–Crippen MR) is 74.3 cm³/mol. The van der Waals surface area contributed by atoms with Crippen LogP contribution in [0.5, 0.6) is 0 Å². The third-order valence-electron chi connectivity index (χ3n) is 4.84. The van der Waals surface area contributed by atoms with Gasteiger partial charge in [0.1, 0.15) is 0 Å². The number of hydrogen-bond donors (Lipinski definition) is 2. The van der Waals surface area contributed by atoms with E-state index in [4.69, 9.17) is 9.84 Å². The van der Waals surface area contributed by atoms with Crippen molar-refractivity contribution in [1.29, 1.82) is 0 Å². The van der Waals surface area contributed by atoms with Crippen LogP contribution in [0.1, 0.15) is 51.9 Å². The molecule has 2 fully saturated rings. The molecule has 0 aromatic carbocycles. The Labute approximate surface area is 120 Å². The number of rotatable bonds is 7. The Morgan fingerprint density at radius 1 is 1.35 bits per heavy atom. The Balaban J connectivity index is 1.82. The molecule has 0 aromatic heterocycles. The van der Waals surface area contributed by atoms with Crippen molar-refractivity contribution in [2.24, 2.45) is 11.3 Å². The maximum Gasteiger partial charge on any atom is 0.306 e. The van der Waals surface area contributed by atoms with Gasteiger partial charge < -0.3 is 15.2 Å². The van der Waals surface area contributed by atoms with Crippen LogP contribution in [0.4, 0.5) is 0 Å². The number of carbonyl (C=O) groups excluding carboxylic acids is 1. The molecule has 0 unspecified atom stereocenters. The Hall–Kier alpha value is -1.10. The van der Waals surface area contributed by atoms with Crippen molar-refractivity contribution in [3.63, 3.8) is 0 Å². The van der Waals surface area contributed by atoms with Crippen LogP contribution in [0.2, 0.25) is 0 Å². The van der Waals surface area contributed by atoms with Gasteiger partial charge in [-0.15, -0.1) is 0 Å². The van der Waals surface area contributed by atoms with E-state index in [-0.39, 0.29) is 23.3 Å². The summed E-state index contributed by atoms with van der Waals surface area (Å²) < 4.78 is 5.38. The number of carboxylic acids is 1. The number of amides is 1. The molecule has 1 amide bonds. The first-order valence-corrected chi connectivity index (χ1v) is 7.69. The molecule has 0 bridgehead atoms. The van der Waals surface area contributed by atoms with Crippen LogP contribution >= 0.6 is 0 Å². The third kappa shape index (κ3) is 3.32. The van der Waals surface area contributed by atoms with Gasteiger partial charge in [0.25, 0.3) is 0 Å². The molecule has 0 aliphatic heterocycles. The fraction of sp³-hybridized carbons (Fsp3) is 0.867. The van der Waals surface area contributed by atoms with Crippen LogP contribution in [0.25, 0.3) is 0 Å². The zero-order valence-electron chi connectivity index (χ0n) is 12.2. The van der Waals surface area contributed by atoms with Crippen molar-refractivity contribution in [3.05, 3.63) is 0 Å². The molecule has 0 aromatic rings. The standard InChI is InChI=1S/C15H25NO4/c1-2-20-9-8-15(6-3-7-15)14(19)16-12-5-4-11(10-12)13(17)18/h11-12H,2-10H2,1H3,(H,16,19)(H,17,18)/t11-,12+/m1/s1. The minimum Gasteiger partial charge on any atom is -0.481 e. The molecule has 5 nitrogen and oxygen atoms in total. The summed E-state index contributed by atoms with van der Waals surface area (Å²) in [6.45, 7) is 3.27. The van der Waals surface area contributed by atoms with Crippen molar-refractivity contribution >= 4 is 11.9 Å². The van der Waals surface area contributed by atoms with Gasteiger partial charge in [-0.05, 0) is 45.4 Å². The van der Waals surface area contributed by atoms with Crippen LogP contribution in [0.3, 0.4) is 0 Å². The van der Waals surface area contributed by atoms with E-state index in [9.17, 15) is 9.59 Å². The Morgan fingerprint density at radius 3 is 2.60 bits per heavy atom. The van der Waals surface area contributed by atoms with Gasteiger partial charge in [0.2, 0.25) is 5.91 Å². The molecule has 2 atom stereocenters. The lowest BCUT2D eigenvalue weighted by Crippen LogP contribution is -2.49. The lowest BCUT2D eigenvalue weighted by atomic mass is 9.66. The lowest BCUT2D eigenvalue weighted by molar-refractivity contribution is -0.142.